The zero-order valence-electron chi connectivity index (χ0n) is 8.44. The standard InChI is InChI=1S/C12H18O/c1-9(13-2)3-5-11-7-10-4-6-12(11)8-10/h3-6,9-12H,7-8H2,1-2H3/b5-3+. The molecule has 13 heavy (non-hydrogen) atoms. The van der Waals surface area contributed by atoms with Crippen LogP contribution in [0.3, 0.4) is 0 Å². The molecule has 2 aliphatic carbocycles. The quantitative estimate of drug-likeness (QED) is 0.604. The molecule has 0 amide bonds. The van der Waals surface area contributed by atoms with Gasteiger partial charge in [-0.25, -0.2) is 0 Å². The summed E-state index contributed by atoms with van der Waals surface area (Å²) in [5, 5.41) is 0. The van der Waals surface area contributed by atoms with Crippen LogP contribution in [0.5, 0.6) is 0 Å². The van der Waals surface area contributed by atoms with Crippen molar-refractivity contribution in [2.24, 2.45) is 17.8 Å². The van der Waals surface area contributed by atoms with E-state index in [1.807, 2.05) is 0 Å². The third kappa shape index (κ3) is 1.86. The molecule has 2 aliphatic rings. The second-order valence-electron chi connectivity index (χ2n) is 4.27. The van der Waals surface area contributed by atoms with Crippen molar-refractivity contribution in [2.75, 3.05) is 7.11 Å². The van der Waals surface area contributed by atoms with Crippen LogP contribution in [0.15, 0.2) is 24.3 Å². The lowest BCUT2D eigenvalue weighted by molar-refractivity contribution is 0.155. The summed E-state index contributed by atoms with van der Waals surface area (Å²) < 4.78 is 5.19. The molecule has 1 saturated carbocycles. The summed E-state index contributed by atoms with van der Waals surface area (Å²) in [5.74, 6) is 2.48. The van der Waals surface area contributed by atoms with Crippen molar-refractivity contribution < 1.29 is 4.74 Å². The number of hydrogen-bond donors (Lipinski definition) is 0. The van der Waals surface area contributed by atoms with E-state index in [1.54, 1.807) is 7.11 Å². The summed E-state index contributed by atoms with van der Waals surface area (Å²) in [6, 6.07) is 0. The summed E-state index contributed by atoms with van der Waals surface area (Å²) in [5.41, 5.74) is 0. The lowest BCUT2D eigenvalue weighted by Crippen LogP contribution is -2.06. The average Bonchev–Trinajstić information content (AvgIpc) is 2.74. The average molecular weight is 178 g/mol. The molecule has 0 N–H and O–H groups in total. The Morgan fingerprint density at radius 2 is 2.23 bits per heavy atom. The van der Waals surface area contributed by atoms with Gasteiger partial charge >= 0.3 is 0 Å². The molecule has 0 aromatic carbocycles. The van der Waals surface area contributed by atoms with Crippen LogP contribution in [-0.4, -0.2) is 13.2 Å². The zero-order valence-corrected chi connectivity index (χ0v) is 8.44. The first-order chi connectivity index (χ1) is 6.29. The lowest BCUT2D eigenvalue weighted by Gasteiger charge is -2.13. The lowest BCUT2D eigenvalue weighted by atomic mass is 9.93. The van der Waals surface area contributed by atoms with Crippen LogP contribution in [0, 0.1) is 17.8 Å². The Labute approximate surface area is 80.5 Å². The smallest absolute Gasteiger partial charge is 0.0723 e. The van der Waals surface area contributed by atoms with Crippen molar-refractivity contribution in [1.82, 2.24) is 0 Å². The molecular weight excluding hydrogens is 160 g/mol. The SMILES string of the molecule is COC(C)/C=C/C1CC2C=CC1C2. The van der Waals surface area contributed by atoms with Gasteiger partial charge in [-0.2, -0.15) is 0 Å². The highest BCUT2D eigenvalue weighted by molar-refractivity contribution is 5.14. The first kappa shape index (κ1) is 9.01. The van der Waals surface area contributed by atoms with Crippen LogP contribution >= 0.6 is 0 Å². The monoisotopic (exact) mass is 178 g/mol. The van der Waals surface area contributed by atoms with E-state index < -0.39 is 0 Å². The first-order valence-corrected chi connectivity index (χ1v) is 5.19. The molecule has 4 atom stereocenters. The van der Waals surface area contributed by atoms with Gasteiger partial charge in [-0.1, -0.05) is 24.3 Å². The van der Waals surface area contributed by atoms with Crippen molar-refractivity contribution in [3.63, 3.8) is 0 Å². The summed E-state index contributed by atoms with van der Waals surface area (Å²) in [4.78, 5) is 0. The molecule has 2 rings (SSSR count). The summed E-state index contributed by atoms with van der Waals surface area (Å²) in [7, 11) is 1.76. The largest absolute Gasteiger partial charge is 0.378 e. The van der Waals surface area contributed by atoms with Crippen molar-refractivity contribution in [3.8, 4) is 0 Å². The van der Waals surface area contributed by atoms with Crippen LogP contribution in [0.4, 0.5) is 0 Å². The fourth-order valence-corrected chi connectivity index (χ4v) is 2.42. The number of ether oxygens (including phenoxy) is 1. The number of allylic oxidation sites excluding steroid dienone is 3. The van der Waals surface area contributed by atoms with E-state index in [-0.39, 0.29) is 6.10 Å². The Morgan fingerprint density at radius 3 is 2.77 bits per heavy atom. The van der Waals surface area contributed by atoms with Gasteiger partial charge in [0.25, 0.3) is 0 Å². The minimum atomic E-state index is 0.267. The molecule has 1 fully saturated rings. The second kappa shape index (κ2) is 3.67. The van der Waals surface area contributed by atoms with Crippen LogP contribution in [-0.2, 0) is 4.74 Å². The molecular formula is C12H18O. The predicted octanol–water partition coefficient (Wildman–Crippen LogP) is 2.79. The molecule has 0 heterocycles. The Morgan fingerprint density at radius 1 is 1.38 bits per heavy atom. The highest BCUT2D eigenvalue weighted by atomic mass is 16.5. The maximum atomic E-state index is 5.19. The molecule has 0 aromatic heterocycles. The fourth-order valence-electron chi connectivity index (χ4n) is 2.42. The molecule has 0 aromatic rings. The molecule has 0 radical (unpaired) electrons. The first-order valence-electron chi connectivity index (χ1n) is 5.19. The van der Waals surface area contributed by atoms with Gasteiger partial charge in [0.2, 0.25) is 0 Å². The van der Waals surface area contributed by atoms with E-state index >= 15 is 0 Å². The molecule has 72 valence electrons. The van der Waals surface area contributed by atoms with Crippen molar-refractivity contribution in [1.29, 1.82) is 0 Å². The molecule has 2 bridgehead atoms. The second-order valence-corrected chi connectivity index (χ2v) is 4.27. The molecule has 1 heteroatoms. The fraction of sp³-hybridized carbons (Fsp3) is 0.667. The Bertz CT molecular complexity index is 229. The van der Waals surface area contributed by atoms with Gasteiger partial charge in [-0.3, -0.25) is 0 Å². The maximum Gasteiger partial charge on any atom is 0.0723 e. The third-order valence-electron chi connectivity index (χ3n) is 3.33. The summed E-state index contributed by atoms with van der Waals surface area (Å²) in [6.45, 7) is 2.08. The number of methoxy groups -OCH3 is 1. The van der Waals surface area contributed by atoms with E-state index in [2.05, 4.69) is 31.2 Å². The number of fused-ring (bicyclic) bond motifs is 2. The van der Waals surface area contributed by atoms with E-state index in [1.165, 1.54) is 12.8 Å². The Kier molecular flexibility index (Phi) is 2.54. The van der Waals surface area contributed by atoms with Crippen LogP contribution in [0.2, 0.25) is 0 Å². The van der Waals surface area contributed by atoms with Gasteiger partial charge in [-0.05, 0) is 37.5 Å². The number of hydrogen-bond acceptors (Lipinski definition) is 1. The van der Waals surface area contributed by atoms with Gasteiger partial charge in [-0.15, -0.1) is 0 Å². The van der Waals surface area contributed by atoms with Gasteiger partial charge in [0, 0.05) is 7.11 Å². The third-order valence-corrected chi connectivity index (χ3v) is 3.33. The Balaban J connectivity index is 1.90. The predicted molar refractivity (Wildman–Crippen MR) is 54.5 cm³/mol. The molecule has 4 unspecified atom stereocenters. The van der Waals surface area contributed by atoms with Crippen LogP contribution < -0.4 is 0 Å². The zero-order chi connectivity index (χ0) is 9.26. The summed E-state index contributed by atoms with van der Waals surface area (Å²) >= 11 is 0. The minimum absolute atomic E-state index is 0.267. The normalized spacial score (nSPS) is 39.1. The van der Waals surface area contributed by atoms with Gasteiger partial charge in [0.1, 0.15) is 0 Å². The van der Waals surface area contributed by atoms with Crippen molar-refractivity contribution in [2.45, 2.75) is 25.9 Å². The minimum Gasteiger partial charge on any atom is -0.378 e. The van der Waals surface area contributed by atoms with E-state index in [9.17, 15) is 0 Å². The molecule has 0 saturated heterocycles. The van der Waals surface area contributed by atoms with Crippen LogP contribution in [0.1, 0.15) is 19.8 Å². The maximum absolute atomic E-state index is 5.19. The van der Waals surface area contributed by atoms with Gasteiger partial charge < -0.3 is 4.74 Å². The van der Waals surface area contributed by atoms with Crippen molar-refractivity contribution in [3.05, 3.63) is 24.3 Å². The highest BCUT2D eigenvalue weighted by Gasteiger charge is 2.33. The molecule has 1 nitrogen and oxygen atoms in total. The van der Waals surface area contributed by atoms with E-state index in [0.717, 1.165) is 17.8 Å². The van der Waals surface area contributed by atoms with Crippen molar-refractivity contribution >= 4 is 0 Å². The van der Waals surface area contributed by atoms with Crippen LogP contribution in [0.25, 0.3) is 0 Å². The van der Waals surface area contributed by atoms with Gasteiger partial charge in [0.05, 0.1) is 6.10 Å². The Hall–Kier alpha value is -0.560. The topological polar surface area (TPSA) is 9.23 Å². The highest BCUT2D eigenvalue weighted by Crippen LogP contribution is 2.43. The summed E-state index contributed by atoms with van der Waals surface area (Å²) in [6.07, 6.45) is 12.3. The molecule has 0 aliphatic heterocycles. The van der Waals surface area contributed by atoms with Gasteiger partial charge in [0.15, 0.2) is 0 Å². The van der Waals surface area contributed by atoms with E-state index in [0.29, 0.717) is 0 Å². The molecule has 0 spiro atoms. The van der Waals surface area contributed by atoms with E-state index in [4.69, 9.17) is 4.74 Å². The number of rotatable bonds is 3.